The molecule has 28 heavy (non-hydrogen) atoms. The van der Waals surface area contributed by atoms with E-state index in [0.717, 1.165) is 5.56 Å². The van der Waals surface area contributed by atoms with Crippen LogP contribution in [-0.4, -0.2) is 50.1 Å². The van der Waals surface area contributed by atoms with E-state index >= 15 is 0 Å². The van der Waals surface area contributed by atoms with Gasteiger partial charge in [-0.1, -0.05) is 29.3 Å². The second-order valence-electron chi connectivity index (χ2n) is 6.31. The van der Waals surface area contributed by atoms with Gasteiger partial charge in [0.15, 0.2) is 0 Å². The van der Waals surface area contributed by atoms with Crippen molar-refractivity contribution in [1.29, 1.82) is 0 Å². The van der Waals surface area contributed by atoms with Gasteiger partial charge in [-0.2, -0.15) is 8.42 Å². The summed E-state index contributed by atoms with van der Waals surface area (Å²) in [5, 5.41) is 0.360. The van der Waals surface area contributed by atoms with E-state index < -0.39 is 28.2 Å². The van der Waals surface area contributed by atoms with E-state index in [1.54, 1.807) is 18.5 Å². The molecule has 150 valence electrons. The minimum absolute atomic E-state index is 0.0952. The second kappa shape index (κ2) is 8.75. The monoisotopic (exact) mass is 444 g/mol. The average Bonchev–Trinajstić information content (AvgIpc) is 3.05. The van der Waals surface area contributed by atoms with Gasteiger partial charge in [0.1, 0.15) is 6.04 Å². The topological polar surface area (TPSA) is 85.8 Å². The molecular formula is C18H18Cl2N2O5S. The van der Waals surface area contributed by atoms with Crippen molar-refractivity contribution in [2.75, 3.05) is 13.7 Å². The highest BCUT2D eigenvalue weighted by Gasteiger charge is 2.40. The Kier molecular flexibility index (Phi) is 6.57. The van der Waals surface area contributed by atoms with E-state index in [1.807, 2.05) is 11.0 Å². The van der Waals surface area contributed by atoms with Gasteiger partial charge in [0.25, 0.3) is 10.1 Å². The molecule has 1 fully saturated rings. The number of aromatic nitrogens is 1. The van der Waals surface area contributed by atoms with Crippen molar-refractivity contribution in [2.45, 2.75) is 30.0 Å². The first kappa shape index (κ1) is 21.0. The third-order valence-electron chi connectivity index (χ3n) is 4.39. The molecule has 1 saturated heterocycles. The summed E-state index contributed by atoms with van der Waals surface area (Å²) < 4.78 is 35.4. The third kappa shape index (κ3) is 4.82. The number of esters is 1. The van der Waals surface area contributed by atoms with E-state index in [1.165, 1.54) is 25.3 Å². The molecule has 1 aromatic carbocycles. The number of carbonyl (C=O) groups is 1. The molecule has 2 atom stereocenters. The van der Waals surface area contributed by atoms with Crippen molar-refractivity contribution < 1.29 is 22.1 Å². The molecule has 0 N–H and O–H groups in total. The number of ether oxygens (including phenoxy) is 1. The number of methoxy groups -OCH3 is 1. The fraction of sp³-hybridized carbons (Fsp3) is 0.333. The molecule has 0 saturated carbocycles. The Morgan fingerprint density at radius 1 is 1.29 bits per heavy atom. The van der Waals surface area contributed by atoms with E-state index in [4.69, 9.17) is 32.1 Å². The largest absolute Gasteiger partial charge is 0.468 e. The van der Waals surface area contributed by atoms with Crippen LogP contribution in [0, 0.1) is 0 Å². The minimum Gasteiger partial charge on any atom is -0.468 e. The van der Waals surface area contributed by atoms with Gasteiger partial charge in [0.05, 0.1) is 28.2 Å². The molecule has 0 aliphatic carbocycles. The van der Waals surface area contributed by atoms with E-state index in [2.05, 4.69) is 4.98 Å². The molecule has 0 bridgehead atoms. The first-order chi connectivity index (χ1) is 13.3. The number of hydrogen-bond donors (Lipinski definition) is 0. The molecule has 1 aliphatic heterocycles. The summed E-state index contributed by atoms with van der Waals surface area (Å²) in [5.74, 6) is -0.443. The normalized spacial score (nSPS) is 20.2. The molecule has 0 unspecified atom stereocenters. The predicted molar refractivity (Wildman–Crippen MR) is 104 cm³/mol. The van der Waals surface area contributed by atoms with Gasteiger partial charge in [-0.05, 0) is 29.8 Å². The van der Waals surface area contributed by atoms with Gasteiger partial charge in [-0.25, -0.2) is 0 Å². The number of benzene rings is 1. The van der Waals surface area contributed by atoms with E-state index in [0.29, 0.717) is 6.54 Å². The van der Waals surface area contributed by atoms with Crippen molar-refractivity contribution in [3.05, 3.63) is 58.3 Å². The molecule has 3 rings (SSSR count). The summed E-state index contributed by atoms with van der Waals surface area (Å²) in [6.07, 6.45) is 2.82. The Balaban J connectivity index is 1.77. The molecule has 10 heteroatoms. The van der Waals surface area contributed by atoms with Crippen LogP contribution in [0.5, 0.6) is 0 Å². The van der Waals surface area contributed by atoms with Gasteiger partial charge in [-0.3, -0.25) is 18.9 Å². The van der Waals surface area contributed by atoms with Crippen LogP contribution in [0.15, 0.2) is 47.6 Å². The van der Waals surface area contributed by atoms with Crippen molar-refractivity contribution in [1.82, 2.24) is 9.88 Å². The zero-order valence-electron chi connectivity index (χ0n) is 14.9. The number of hydrogen-bond acceptors (Lipinski definition) is 7. The zero-order chi connectivity index (χ0) is 20.3. The van der Waals surface area contributed by atoms with Gasteiger partial charge in [0, 0.05) is 31.9 Å². The van der Waals surface area contributed by atoms with Crippen molar-refractivity contribution in [3.63, 3.8) is 0 Å². The maximum Gasteiger partial charge on any atom is 0.323 e. The van der Waals surface area contributed by atoms with Gasteiger partial charge >= 0.3 is 5.97 Å². The Bertz CT molecular complexity index is 956. The van der Waals surface area contributed by atoms with Gasteiger partial charge < -0.3 is 4.74 Å². The van der Waals surface area contributed by atoms with Crippen LogP contribution in [0.2, 0.25) is 10.0 Å². The molecule has 0 amide bonds. The van der Waals surface area contributed by atoms with Crippen LogP contribution >= 0.6 is 23.2 Å². The molecule has 0 spiro atoms. The predicted octanol–water partition coefficient (Wildman–Crippen LogP) is 2.91. The summed E-state index contributed by atoms with van der Waals surface area (Å²) in [6.45, 7) is 0.662. The molecule has 2 heterocycles. The summed E-state index contributed by atoms with van der Waals surface area (Å²) >= 11 is 11.7. The number of nitrogens with zero attached hydrogens (tertiary/aromatic N) is 2. The van der Waals surface area contributed by atoms with Crippen LogP contribution in [0.1, 0.15) is 12.0 Å². The van der Waals surface area contributed by atoms with Gasteiger partial charge in [-0.15, -0.1) is 0 Å². The summed E-state index contributed by atoms with van der Waals surface area (Å²) in [7, 11) is -2.77. The van der Waals surface area contributed by atoms with Crippen LogP contribution in [0.3, 0.4) is 0 Å². The average molecular weight is 445 g/mol. The fourth-order valence-electron chi connectivity index (χ4n) is 3.08. The molecule has 2 aromatic rings. The van der Waals surface area contributed by atoms with Crippen LogP contribution in [-0.2, 0) is 30.4 Å². The van der Waals surface area contributed by atoms with Crippen LogP contribution in [0.4, 0.5) is 0 Å². The summed E-state index contributed by atoms with van der Waals surface area (Å²) in [4.78, 5) is 17.9. The lowest BCUT2D eigenvalue weighted by molar-refractivity contribution is -0.146. The zero-order valence-corrected chi connectivity index (χ0v) is 17.2. The highest BCUT2D eigenvalue weighted by molar-refractivity contribution is 7.86. The summed E-state index contributed by atoms with van der Waals surface area (Å²) in [6, 6.07) is 7.01. The number of likely N-dealkylation sites (tertiary alicyclic amines) is 1. The van der Waals surface area contributed by atoms with Crippen molar-refractivity contribution in [3.8, 4) is 0 Å². The van der Waals surface area contributed by atoms with Gasteiger partial charge in [0.2, 0.25) is 0 Å². The third-order valence-corrected chi connectivity index (χ3v) is 6.49. The first-order valence-corrected chi connectivity index (χ1v) is 10.6. The standard InChI is InChI=1S/C18H18Cl2N2O5S/c1-26-18(23)17-7-13(11-22(17)10-12-3-2-6-21-9-12)27-28(24,25)14-4-5-15(19)16(20)8-14/h2-6,8-9,13,17H,7,10-11H2,1H3/t13-,17-/m0/s1. The highest BCUT2D eigenvalue weighted by atomic mass is 35.5. The highest BCUT2D eigenvalue weighted by Crippen LogP contribution is 2.29. The number of halogens is 2. The minimum atomic E-state index is -4.07. The lowest BCUT2D eigenvalue weighted by atomic mass is 10.2. The fourth-order valence-corrected chi connectivity index (χ4v) is 4.55. The van der Waals surface area contributed by atoms with Crippen molar-refractivity contribution in [2.24, 2.45) is 0 Å². The Hall–Kier alpha value is -1.71. The molecule has 1 aromatic heterocycles. The molecule has 7 nitrogen and oxygen atoms in total. The number of rotatable bonds is 6. The molecule has 1 aliphatic rings. The maximum absolute atomic E-state index is 12.6. The lowest BCUT2D eigenvalue weighted by Crippen LogP contribution is -2.36. The Labute approximate surface area is 173 Å². The quantitative estimate of drug-likeness (QED) is 0.499. The second-order valence-corrected chi connectivity index (χ2v) is 8.70. The molecular weight excluding hydrogens is 427 g/mol. The van der Waals surface area contributed by atoms with Crippen LogP contribution < -0.4 is 0 Å². The SMILES string of the molecule is COC(=O)[C@@H]1C[C@H](OS(=O)(=O)c2ccc(Cl)c(Cl)c2)CN1Cc1cccnc1. The first-order valence-electron chi connectivity index (χ1n) is 8.39. The Morgan fingerprint density at radius 3 is 2.71 bits per heavy atom. The number of carbonyl (C=O) groups excluding carboxylic acids is 1. The lowest BCUT2D eigenvalue weighted by Gasteiger charge is -2.21. The summed E-state index contributed by atoms with van der Waals surface area (Å²) in [5.41, 5.74) is 0.893. The maximum atomic E-state index is 12.6. The Morgan fingerprint density at radius 2 is 2.07 bits per heavy atom. The molecule has 0 radical (unpaired) electrons. The smallest absolute Gasteiger partial charge is 0.323 e. The number of pyridine rings is 1. The van der Waals surface area contributed by atoms with E-state index in [-0.39, 0.29) is 27.9 Å². The van der Waals surface area contributed by atoms with E-state index in [9.17, 15) is 13.2 Å². The van der Waals surface area contributed by atoms with Crippen molar-refractivity contribution >= 4 is 39.3 Å². The van der Waals surface area contributed by atoms with Crippen LogP contribution in [0.25, 0.3) is 0 Å².